The normalized spacial score (nSPS) is 11.8. The lowest BCUT2D eigenvalue weighted by atomic mass is 10.0. The highest BCUT2D eigenvalue weighted by molar-refractivity contribution is 7.89. The number of anilines is 1. The quantitative estimate of drug-likeness (QED) is 0.162. The number of pyridine rings is 1. The minimum absolute atomic E-state index is 0.0131. The van der Waals surface area contributed by atoms with Crippen LogP contribution in [0.25, 0.3) is 11.1 Å². The Bertz CT molecular complexity index is 1860. The van der Waals surface area contributed by atoms with Gasteiger partial charge in [-0.25, -0.2) is 8.42 Å². The molecule has 1 amide bonds. The number of carbonyl (C=O) groups is 1. The Hall–Kier alpha value is -5.00. The van der Waals surface area contributed by atoms with E-state index in [1.807, 2.05) is 48.5 Å². The molecule has 0 fully saturated rings. The molecule has 0 aliphatic rings. The highest BCUT2D eigenvalue weighted by Crippen LogP contribution is 2.31. The molecule has 0 radical (unpaired) electrons. The van der Waals surface area contributed by atoms with Gasteiger partial charge in [0.2, 0.25) is 15.9 Å². The molecule has 1 aromatic heterocycles. The largest absolute Gasteiger partial charge is 0.497 e. The van der Waals surface area contributed by atoms with E-state index in [0.29, 0.717) is 22.6 Å². The molecule has 5 aromatic rings. The van der Waals surface area contributed by atoms with E-state index in [9.17, 15) is 26.4 Å². The Kier molecular flexibility index (Phi) is 9.84. The van der Waals surface area contributed by atoms with Gasteiger partial charge in [-0.05, 0) is 82.4 Å². The van der Waals surface area contributed by atoms with Gasteiger partial charge in [0.1, 0.15) is 5.75 Å². The number of sulfonamides is 1. The molecule has 0 saturated heterocycles. The Labute approximate surface area is 265 Å². The van der Waals surface area contributed by atoms with Crippen LogP contribution < -0.4 is 10.1 Å². The number of nitrogens with zero attached hydrogens (tertiary/aromatic N) is 2. The predicted molar refractivity (Wildman–Crippen MR) is 169 cm³/mol. The molecule has 11 heteroatoms. The summed E-state index contributed by atoms with van der Waals surface area (Å²) in [5.41, 5.74) is 3.71. The second-order valence-corrected chi connectivity index (χ2v) is 12.4. The Balaban J connectivity index is 1.28. The number of carbonyl (C=O) groups excluding carboxylic acids is 1. The van der Waals surface area contributed by atoms with Gasteiger partial charge in [0, 0.05) is 31.2 Å². The van der Waals surface area contributed by atoms with Gasteiger partial charge < -0.3 is 10.1 Å². The van der Waals surface area contributed by atoms with Crippen molar-refractivity contribution in [3.63, 3.8) is 0 Å². The lowest BCUT2D eigenvalue weighted by Crippen LogP contribution is -2.30. The summed E-state index contributed by atoms with van der Waals surface area (Å²) in [7, 11) is -2.58. The zero-order valence-corrected chi connectivity index (χ0v) is 25.6. The second-order valence-electron chi connectivity index (χ2n) is 10.5. The number of methoxy groups -OCH3 is 1. The Morgan fingerprint density at radius 3 is 1.91 bits per heavy atom. The fraction of sp³-hybridized carbons (Fsp3) is 0.143. The Morgan fingerprint density at radius 2 is 1.37 bits per heavy atom. The predicted octanol–water partition coefficient (Wildman–Crippen LogP) is 7.35. The van der Waals surface area contributed by atoms with E-state index in [4.69, 9.17) is 4.74 Å². The fourth-order valence-corrected chi connectivity index (χ4v) is 6.19. The van der Waals surface area contributed by atoms with Gasteiger partial charge in [-0.15, -0.1) is 0 Å². The zero-order chi connectivity index (χ0) is 32.7. The summed E-state index contributed by atoms with van der Waals surface area (Å²) < 4.78 is 72.8. The van der Waals surface area contributed by atoms with Crippen molar-refractivity contribution in [1.82, 2.24) is 9.29 Å². The number of halogens is 3. The highest BCUT2D eigenvalue weighted by atomic mass is 32.2. The van der Waals surface area contributed by atoms with Crippen LogP contribution in [0.5, 0.6) is 5.75 Å². The molecule has 5 rings (SSSR count). The standard InChI is InChI=1S/C35H30F3N3O4S/c1-45-32-16-14-31(15-17-32)40-34(42)21-25-4-8-28(9-5-25)29-10-6-26(7-11-29)23-41(24-27-3-2-20-39-22-27)46(43,44)33-18-12-30(13-19-33)35(36,37)38/h2-20,22H,21,23-24H2,1H3,(H,40,42). The van der Waals surface area contributed by atoms with Crippen LogP contribution in [0.3, 0.4) is 0 Å². The van der Waals surface area contributed by atoms with Crippen molar-refractivity contribution in [2.45, 2.75) is 30.6 Å². The number of hydrogen-bond donors (Lipinski definition) is 1. The molecule has 0 spiro atoms. The van der Waals surface area contributed by atoms with Gasteiger partial charge in [-0.2, -0.15) is 17.5 Å². The maximum Gasteiger partial charge on any atom is 0.416 e. The molecule has 0 aliphatic carbocycles. The van der Waals surface area contributed by atoms with Crippen LogP contribution in [-0.4, -0.2) is 30.7 Å². The highest BCUT2D eigenvalue weighted by Gasteiger charge is 2.32. The number of rotatable bonds is 11. The average molecular weight is 646 g/mol. The minimum atomic E-state index is -4.58. The third-order valence-electron chi connectivity index (χ3n) is 7.24. The summed E-state index contributed by atoms with van der Waals surface area (Å²) in [5.74, 6) is 0.552. The monoisotopic (exact) mass is 645 g/mol. The summed E-state index contributed by atoms with van der Waals surface area (Å²) in [6, 6.07) is 28.9. The first-order valence-electron chi connectivity index (χ1n) is 14.2. The molecular weight excluding hydrogens is 615 g/mol. The molecule has 46 heavy (non-hydrogen) atoms. The molecule has 0 atom stereocenters. The molecule has 4 aromatic carbocycles. The van der Waals surface area contributed by atoms with Crippen LogP contribution in [0.2, 0.25) is 0 Å². The minimum Gasteiger partial charge on any atom is -0.497 e. The van der Waals surface area contributed by atoms with Crippen LogP contribution in [0.4, 0.5) is 18.9 Å². The van der Waals surface area contributed by atoms with Gasteiger partial charge >= 0.3 is 6.18 Å². The van der Waals surface area contributed by atoms with E-state index in [2.05, 4.69) is 10.3 Å². The van der Waals surface area contributed by atoms with Gasteiger partial charge in [0.25, 0.3) is 0 Å². The van der Waals surface area contributed by atoms with Crippen LogP contribution >= 0.6 is 0 Å². The van der Waals surface area contributed by atoms with E-state index < -0.39 is 21.8 Å². The number of ether oxygens (including phenoxy) is 1. The third-order valence-corrected chi connectivity index (χ3v) is 9.05. The summed E-state index contributed by atoms with van der Waals surface area (Å²) in [6.45, 7) is -0.0345. The number of aromatic nitrogens is 1. The lowest BCUT2D eigenvalue weighted by Gasteiger charge is -2.23. The van der Waals surface area contributed by atoms with Crippen molar-refractivity contribution < 1.29 is 31.1 Å². The van der Waals surface area contributed by atoms with Crippen LogP contribution in [-0.2, 0) is 40.5 Å². The number of hydrogen-bond acceptors (Lipinski definition) is 5. The van der Waals surface area contributed by atoms with Crippen molar-refractivity contribution in [1.29, 1.82) is 0 Å². The molecule has 0 aliphatic heterocycles. The first-order valence-corrected chi connectivity index (χ1v) is 15.6. The van der Waals surface area contributed by atoms with Crippen molar-refractivity contribution in [3.05, 3.63) is 144 Å². The molecule has 7 nitrogen and oxygen atoms in total. The van der Waals surface area contributed by atoms with Crippen molar-refractivity contribution in [3.8, 4) is 16.9 Å². The van der Waals surface area contributed by atoms with Gasteiger partial charge in [-0.3, -0.25) is 9.78 Å². The molecule has 0 unspecified atom stereocenters. The summed E-state index contributed by atoms with van der Waals surface area (Å²) in [4.78, 5) is 16.3. The smallest absolute Gasteiger partial charge is 0.416 e. The molecular formula is C35H30F3N3O4S. The molecule has 236 valence electrons. The SMILES string of the molecule is COc1ccc(NC(=O)Cc2ccc(-c3ccc(CN(Cc4cccnc4)S(=O)(=O)c4ccc(C(F)(F)F)cc4)cc3)cc2)cc1. The summed E-state index contributed by atoms with van der Waals surface area (Å²) in [5, 5.41) is 2.86. The van der Waals surface area contributed by atoms with Crippen molar-refractivity contribution in [2.75, 3.05) is 12.4 Å². The summed E-state index contributed by atoms with van der Waals surface area (Å²) >= 11 is 0. The molecule has 0 bridgehead atoms. The van der Waals surface area contributed by atoms with Crippen LogP contribution in [0, 0.1) is 0 Å². The second kappa shape index (κ2) is 14.0. The van der Waals surface area contributed by atoms with Crippen LogP contribution in [0.1, 0.15) is 22.3 Å². The maximum atomic E-state index is 13.6. The van der Waals surface area contributed by atoms with Crippen LogP contribution in [0.15, 0.2) is 126 Å². The Morgan fingerprint density at radius 1 is 0.783 bits per heavy atom. The summed E-state index contributed by atoms with van der Waals surface area (Å²) in [6.07, 6.45) is -1.26. The number of alkyl halides is 3. The van der Waals surface area contributed by atoms with Crippen molar-refractivity contribution in [2.24, 2.45) is 0 Å². The number of nitrogens with one attached hydrogen (secondary N) is 1. The topological polar surface area (TPSA) is 88.6 Å². The van der Waals surface area contributed by atoms with E-state index in [1.165, 1.54) is 4.31 Å². The van der Waals surface area contributed by atoms with E-state index in [1.54, 1.807) is 55.9 Å². The molecule has 0 saturated carbocycles. The van der Waals surface area contributed by atoms with Gasteiger partial charge in [0.15, 0.2) is 0 Å². The fourth-order valence-electron chi connectivity index (χ4n) is 4.77. The number of amides is 1. The first kappa shape index (κ1) is 32.4. The zero-order valence-electron chi connectivity index (χ0n) is 24.7. The van der Waals surface area contributed by atoms with Gasteiger partial charge in [0.05, 0.1) is 24.0 Å². The van der Waals surface area contributed by atoms with E-state index in [0.717, 1.165) is 41.0 Å². The third kappa shape index (κ3) is 8.17. The average Bonchev–Trinajstić information content (AvgIpc) is 3.05. The lowest BCUT2D eigenvalue weighted by molar-refractivity contribution is -0.137. The molecule has 1 N–H and O–H groups in total. The maximum absolute atomic E-state index is 13.6. The van der Waals surface area contributed by atoms with E-state index in [-0.39, 0.29) is 30.3 Å². The number of benzene rings is 4. The van der Waals surface area contributed by atoms with Gasteiger partial charge in [-0.1, -0.05) is 54.6 Å². The van der Waals surface area contributed by atoms with Crippen molar-refractivity contribution >= 4 is 21.6 Å². The molecule has 1 heterocycles. The van der Waals surface area contributed by atoms with E-state index >= 15 is 0 Å². The first-order chi connectivity index (χ1) is 22.0.